The van der Waals surface area contributed by atoms with Gasteiger partial charge in [-0.2, -0.15) is 0 Å². The summed E-state index contributed by atoms with van der Waals surface area (Å²) in [7, 11) is 1.28. The van der Waals surface area contributed by atoms with Crippen molar-refractivity contribution >= 4 is 23.5 Å². The van der Waals surface area contributed by atoms with E-state index >= 15 is 0 Å². The van der Waals surface area contributed by atoms with Crippen molar-refractivity contribution in [3.63, 3.8) is 0 Å². The molecule has 0 radical (unpaired) electrons. The average molecular weight is 347 g/mol. The number of anilines is 1. The lowest BCUT2D eigenvalue weighted by Crippen LogP contribution is -2.57. The van der Waals surface area contributed by atoms with Gasteiger partial charge >= 0.3 is 5.97 Å². The van der Waals surface area contributed by atoms with Crippen LogP contribution in [0.3, 0.4) is 0 Å². The number of methoxy groups -OCH3 is 1. The van der Waals surface area contributed by atoms with Crippen LogP contribution in [0.25, 0.3) is 0 Å². The first-order valence-corrected chi connectivity index (χ1v) is 8.39. The fraction of sp³-hybridized carbons (Fsp3) is 0.500. The zero-order valence-corrected chi connectivity index (χ0v) is 14.9. The number of esters is 1. The van der Waals surface area contributed by atoms with E-state index in [1.54, 1.807) is 4.90 Å². The second-order valence-electron chi connectivity index (χ2n) is 6.38. The third kappa shape index (κ3) is 5.29. The van der Waals surface area contributed by atoms with Gasteiger partial charge in [0.1, 0.15) is 6.04 Å². The fourth-order valence-electron chi connectivity index (χ4n) is 2.75. The predicted octanol–water partition coefficient (Wildman–Crippen LogP) is 1.11. The third-order valence-corrected chi connectivity index (χ3v) is 4.24. The van der Waals surface area contributed by atoms with Crippen molar-refractivity contribution in [1.29, 1.82) is 0 Å². The van der Waals surface area contributed by atoms with E-state index < -0.39 is 12.0 Å². The summed E-state index contributed by atoms with van der Waals surface area (Å²) in [4.78, 5) is 37.5. The quantitative estimate of drug-likeness (QED) is 0.753. The molecule has 1 aliphatic rings. The molecule has 2 N–H and O–H groups in total. The molecule has 0 saturated carbocycles. The molecule has 2 amide bonds. The average Bonchev–Trinajstić information content (AvgIpc) is 2.58. The number of hydrogen-bond acceptors (Lipinski definition) is 5. The number of amides is 2. The number of carbonyl (C=O) groups is 3. The molecule has 136 valence electrons. The molecule has 7 nitrogen and oxygen atoms in total. The molecule has 1 heterocycles. The molecule has 0 aromatic heterocycles. The van der Waals surface area contributed by atoms with Crippen LogP contribution in [0.4, 0.5) is 5.69 Å². The monoisotopic (exact) mass is 347 g/mol. The molecule has 1 saturated heterocycles. The van der Waals surface area contributed by atoms with Crippen molar-refractivity contribution in [1.82, 2.24) is 10.2 Å². The second-order valence-corrected chi connectivity index (χ2v) is 6.38. The molecule has 2 rings (SSSR count). The Labute approximate surface area is 147 Å². The van der Waals surface area contributed by atoms with Gasteiger partial charge in [-0.05, 0) is 23.6 Å². The maximum Gasteiger partial charge on any atom is 0.307 e. The Balaban J connectivity index is 1.97. The Morgan fingerprint density at radius 3 is 2.60 bits per heavy atom. The van der Waals surface area contributed by atoms with Crippen molar-refractivity contribution in [2.75, 3.05) is 32.1 Å². The Bertz CT molecular complexity index is 628. The van der Waals surface area contributed by atoms with Gasteiger partial charge in [-0.15, -0.1) is 0 Å². The van der Waals surface area contributed by atoms with Crippen molar-refractivity contribution in [2.24, 2.45) is 0 Å². The van der Waals surface area contributed by atoms with Gasteiger partial charge in [-0.1, -0.05) is 26.0 Å². The molecule has 0 aliphatic carbocycles. The number of rotatable bonds is 6. The number of nitrogens with zero attached hydrogens (tertiary/aromatic N) is 1. The van der Waals surface area contributed by atoms with Crippen LogP contribution in [0, 0.1) is 0 Å². The number of piperazine rings is 1. The van der Waals surface area contributed by atoms with E-state index in [-0.39, 0.29) is 24.8 Å². The molecule has 1 fully saturated rings. The number of hydrogen-bond donors (Lipinski definition) is 2. The summed E-state index contributed by atoms with van der Waals surface area (Å²) in [6, 6.07) is 7.00. The van der Waals surface area contributed by atoms with E-state index in [1.165, 1.54) is 12.7 Å². The van der Waals surface area contributed by atoms with Crippen LogP contribution in [-0.2, 0) is 19.1 Å². The topological polar surface area (TPSA) is 87.7 Å². The van der Waals surface area contributed by atoms with E-state index in [0.717, 1.165) is 0 Å². The van der Waals surface area contributed by atoms with E-state index in [1.807, 2.05) is 24.3 Å². The predicted molar refractivity (Wildman–Crippen MR) is 94.2 cm³/mol. The summed E-state index contributed by atoms with van der Waals surface area (Å²) >= 11 is 0. The first-order chi connectivity index (χ1) is 11.9. The van der Waals surface area contributed by atoms with Crippen molar-refractivity contribution in [2.45, 2.75) is 32.2 Å². The van der Waals surface area contributed by atoms with Gasteiger partial charge in [0.15, 0.2) is 0 Å². The van der Waals surface area contributed by atoms with Crippen LogP contribution in [0.2, 0.25) is 0 Å². The van der Waals surface area contributed by atoms with E-state index in [9.17, 15) is 14.4 Å². The number of benzene rings is 1. The summed E-state index contributed by atoms with van der Waals surface area (Å²) in [6.07, 6.45) is -0.0707. The van der Waals surface area contributed by atoms with Crippen LogP contribution in [0.5, 0.6) is 0 Å². The summed E-state index contributed by atoms with van der Waals surface area (Å²) in [5.74, 6) is -0.528. The first kappa shape index (κ1) is 18.9. The lowest BCUT2D eigenvalue weighted by atomic mass is 10.0. The summed E-state index contributed by atoms with van der Waals surface area (Å²) < 4.78 is 4.63. The maximum atomic E-state index is 12.3. The molecule has 7 heteroatoms. The van der Waals surface area contributed by atoms with Crippen molar-refractivity contribution in [3.8, 4) is 0 Å². The molecule has 1 atom stereocenters. The van der Waals surface area contributed by atoms with Crippen molar-refractivity contribution in [3.05, 3.63) is 29.8 Å². The van der Waals surface area contributed by atoms with Crippen molar-refractivity contribution < 1.29 is 19.1 Å². The standard InChI is InChI=1S/C18H25N3O4/c1-12(2)13-4-6-14(7-5-13)20-16(22)11-21-9-8-19-18(24)15(21)10-17(23)25-3/h4-7,12,15H,8-11H2,1-3H3,(H,19,24)(H,20,22)/t15-/m1/s1. The van der Waals surface area contributed by atoms with Gasteiger partial charge in [-0.3, -0.25) is 19.3 Å². The molecule has 0 unspecified atom stereocenters. The maximum absolute atomic E-state index is 12.3. The molecule has 1 aliphatic heterocycles. The fourth-order valence-corrected chi connectivity index (χ4v) is 2.75. The number of carbonyl (C=O) groups excluding carboxylic acids is 3. The minimum atomic E-state index is -0.685. The molecule has 1 aromatic carbocycles. The third-order valence-electron chi connectivity index (χ3n) is 4.24. The Kier molecular flexibility index (Phi) is 6.52. The highest BCUT2D eigenvalue weighted by atomic mass is 16.5. The van der Waals surface area contributed by atoms with Gasteiger partial charge in [0.25, 0.3) is 0 Å². The lowest BCUT2D eigenvalue weighted by Gasteiger charge is -2.33. The number of nitrogens with one attached hydrogen (secondary N) is 2. The van der Waals surface area contributed by atoms with Crippen LogP contribution < -0.4 is 10.6 Å². The molecule has 0 spiro atoms. The highest BCUT2D eigenvalue weighted by Crippen LogP contribution is 2.17. The van der Waals surface area contributed by atoms with Gasteiger partial charge in [0, 0.05) is 18.8 Å². The van der Waals surface area contributed by atoms with Crippen LogP contribution in [0.1, 0.15) is 31.7 Å². The zero-order valence-electron chi connectivity index (χ0n) is 14.9. The largest absolute Gasteiger partial charge is 0.469 e. The molecular formula is C18H25N3O4. The Hall–Kier alpha value is -2.41. The molecule has 1 aromatic rings. The highest BCUT2D eigenvalue weighted by Gasteiger charge is 2.33. The van der Waals surface area contributed by atoms with Crippen LogP contribution in [0.15, 0.2) is 24.3 Å². The smallest absolute Gasteiger partial charge is 0.307 e. The van der Waals surface area contributed by atoms with Gasteiger partial charge in [0.05, 0.1) is 20.1 Å². The second kappa shape index (κ2) is 8.62. The van der Waals surface area contributed by atoms with E-state index in [0.29, 0.717) is 24.7 Å². The summed E-state index contributed by atoms with van der Waals surface area (Å²) in [6.45, 7) is 5.22. The Morgan fingerprint density at radius 1 is 1.32 bits per heavy atom. The highest BCUT2D eigenvalue weighted by molar-refractivity contribution is 5.93. The minimum Gasteiger partial charge on any atom is -0.469 e. The molecule has 25 heavy (non-hydrogen) atoms. The first-order valence-electron chi connectivity index (χ1n) is 8.39. The van der Waals surface area contributed by atoms with Gasteiger partial charge in [0.2, 0.25) is 11.8 Å². The molecule has 0 bridgehead atoms. The van der Waals surface area contributed by atoms with Gasteiger partial charge in [-0.25, -0.2) is 0 Å². The molecular weight excluding hydrogens is 322 g/mol. The minimum absolute atomic E-state index is 0.0427. The van der Waals surface area contributed by atoms with Gasteiger partial charge < -0.3 is 15.4 Å². The van der Waals surface area contributed by atoms with E-state index in [4.69, 9.17) is 0 Å². The van der Waals surface area contributed by atoms with E-state index in [2.05, 4.69) is 29.2 Å². The van der Waals surface area contributed by atoms with Crippen LogP contribution >= 0.6 is 0 Å². The summed E-state index contributed by atoms with van der Waals surface area (Å²) in [5.41, 5.74) is 1.91. The Morgan fingerprint density at radius 2 is 2.00 bits per heavy atom. The zero-order chi connectivity index (χ0) is 18.4. The van der Waals surface area contributed by atoms with Crippen LogP contribution in [-0.4, -0.2) is 55.5 Å². The number of ether oxygens (including phenoxy) is 1. The lowest BCUT2D eigenvalue weighted by molar-refractivity contribution is -0.146. The summed E-state index contributed by atoms with van der Waals surface area (Å²) in [5, 5.41) is 5.54. The SMILES string of the molecule is COC(=O)C[C@@H]1C(=O)NCCN1CC(=O)Nc1ccc(C(C)C)cc1. The normalized spacial score (nSPS) is 17.9.